The van der Waals surface area contributed by atoms with E-state index in [0.717, 1.165) is 24.2 Å². The predicted molar refractivity (Wildman–Crippen MR) is 72.4 cm³/mol. The highest BCUT2D eigenvalue weighted by Gasteiger charge is 2.21. The molecule has 1 aliphatic rings. The maximum Gasteiger partial charge on any atom is 0.240 e. The molecule has 1 aromatic heterocycles. The van der Waals surface area contributed by atoms with Gasteiger partial charge in [0.25, 0.3) is 0 Å². The lowest BCUT2D eigenvalue weighted by atomic mass is 9.96. The summed E-state index contributed by atoms with van der Waals surface area (Å²) in [5.74, 6) is 2.34. The Morgan fingerprint density at radius 2 is 2.20 bits per heavy atom. The van der Waals surface area contributed by atoms with Gasteiger partial charge in [-0.05, 0) is 37.5 Å². The van der Waals surface area contributed by atoms with Crippen molar-refractivity contribution >= 4 is 0 Å². The number of rotatable bonds is 5. The Morgan fingerprint density at radius 1 is 1.35 bits per heavy atom. The van der Waals surface area contributed by atoms with Crippen molar-refractivity contribution in [3.8, 4) is 22.9 Å². The van der Waals surface area contributed by atoms with Crippen molar-refractivity contribution in [1.82, 2.24) is 10.1 Å². The third kappa shape index (κ3) is 2.46. The molecule has 0 atom stereocenters. The van der Waals surface area contributed by atoms with Gasteiger partial charge >= 0.3 is 0 Å². The summed E-state index contributed by atoms with van der Waals surface area (Å²) in [5.41, 5.74) is 6.27. The highest BCUT2D eigenvalue weighted by atomic mass is 16.5. The molecule has 0 spiro atoms. The van der Waals surface area contributed by atoms with Crippen LogP contribution in [-0.2, 0) is 6.54 Å². The van der Waals surface area contributed by atoms with Gasteiger partial charge < -0.3 is 19.7 Å². The second-order valence-corrected chi connectivity index (χ2v) is 4.75. The van der Waals surface area contributed by atoms with E-state index in [2.05, 4.69) is 10.1 Å². The van der Waals surface area contributed by atoms with Crippen LogP contribution in [0.3, 0.4) is 0 Å². The van der Waals surface area contributed by atoms with Crippen LogP contribution in [0.15, 0.2) is 22.7 Å². The number of hydrogen-bond acceptors (Lipinski definition) is 6. The fraction of sp³-hybridized carbons (Fsp3) is 0.429. The molecule has 1 fully saturated rings. The van der Waals surface area contributed by atoms with Gasteiger partial charge in [-0.15, -0.1) is 0 Å². The van der Waals surface area contributed by atoms with E-state index in [1.54, 1.807) is 7.11 Å². The normalized spacial score (nSPS) is 14.9. The molecule has 6 nitrogen and oxygen atoms in total. The van der Waals surface area contributed by atoms with Crippen LogP contribution in [0.1, 0.15) is 25.2 Å². The van der Waals surface area contributed by atoms with Gasteiger partial charge in [-0.3, -0.25) is 0 Å². The quantitative estimate of drug-likeness (QED) is 0.900. The summed E-state index contributed by atoms with van der Waals surface area (Å²) in [6.07, 6.45) is 3.75. The first kappa shape index (κ1) is 12.9. The van der Waals surface area contributed by atoms with Crippen LogP contribution >= 0.6 is 0 Å². The molecule has 2 aromatic rings. The minimum absolute atomic E-state index is 0.229. The molecular weight excluding hydrogens is 258 g/mol. The van der Waals surface area contributed by atoms with Crippen LogP contribution in [0.25, 0.3) is 11.4 Å². The molecule has 0 amide bonds. The molecule has 0 aliphatic heterocycles. The zero-order valence-electron chi connectivity index (χ0n) is 11.3. The second kappa shape index (κ2) is 5.50. The number of benzene rings is 1. The van der Waals surface area contributed by atoms with E-state index in [-0.39, 0.29) is 6.54 Å². The lowest BCUT2D eigenvalue weighted by Gasteiger charge is -2.27. The third-order valence-corrected chi connectivity index (χ3v) is 3.41. The van der Waals surface area contributed by atoms with Gasteiger partial charge in [0.2, 0.25) is 11.7 Å². The number of hydrogen-bond donors (Lipinski definition) is 1. The van der Waals surface area contributed by atoms with Gasteiger partial charge in [0.05, 0.1) is 19.8 Å². The molecule has 0 bridgehead atoms. The van der Waals surface area contributed by atoms with E-state index in [0.29, 0.717) is 23.6 Å². The van der Waals surface area contributed by atoms with Gasteiger partial charge in [-0.25, -0.2) is 0 Å². The molecule has 1 heterocycles. The van der Waals surface area contributed by atoms with Crippen molar-refractivity contribution < 1.29 is 14.0 Å². The minimum atomic E-state index is 0.229. The summed E-state index contributed by atoms with van der Waals surface area (Å²) in [6, 6.07) is 5.62. The maximum absolute atomic E-state index is 5.88. The monoisotopic (exact) mass is 275 g/mol. The fourth-order valence-corrected chi connectivity index (χ4v) is 2.03. The lowest BCUT2D eigenvalue weighted by Crippen LogP contribution is -2.24. The number of ether oxygens (including phenoxy) is 2. The summed E-state index contributed by atoms with van der Waals surface area (Å²) in [4.78, 5) is 4.19. The Labute approximate surface area is 116 Å². The van der Waals surface area contributed by atoms with Crippen LogP contribution in [0.2, 0.25) is 0 Å². The number of methoxy groups -OCH3 is 1. The number of aromatic nitrogens is 2. The van der Waals surface area contributed by atoms with Gasteiger partial charge in [0.1, 0.15) is 0 Å². The second-order valence-electron chi connectivity index (χ2n) is 4.75. The third-order valence-electron chi connectivity index (χ3n) is 3.41. The highest BCUT2D eigenvalue weighted by Crippen LogP contribution is 2.35. The van der Waals surface area contributed by atoms with Crippen LogP contribution in [0, 0.1) is 0 Å². The molecule has 0 unspecified atom stereocenters. The van der Waals surface area contributed by atoms with E-state index in [1.165, 1.54) is 6.42 Å². The largest absolute Gasteiger partial charge is 0.493 e. The van der Waals surface area contributed by atoms with Crippen LogP contribution in [-0.4, -0.2) is 23.4 Å². The summed E-state index contributed by atoms with van der Waals surface area (Å²) in [7, 11) is 1.62. The van der Waals surface area contributed by atoms with Crippen LogP contribution in [0.5, 0.6) is 11.5 Å². The fourth-order valence-electron chi connectivity index (χ4n) is 2.03. The first-order valence-electron chi connectivity index (χ1n) is 6.68. The van der Waals surface area contributed by atoms with Crippen molar-refractivity contribution in [1.29, 1.82) is 0 Å². The minimum Gasteiger partial charge on any atom is -0.493 e. The average molecular weight is 275 g/mol. The summed E-state index contributed by atoms with van der Waals surface area (Å²) >= 11 is 0. The Bertz CT molecular complexity index is 593. The molecule has 1 saturated carbocycles. The Hall–Kier alpha value is -2.08. The molecule has 2 N–H and O–H groups in total. The summed E-state index contributed by atoms with van der Waals surface area (Å²) in [6.45, 7) is 0.229. The van der Waals surface area contributed by atoms with Crippen molar-refractivity contribution in [2.75, 3.05) is 7.11 Å². The maximum atomic E-state index is 5.88. The smallest absolute Gasteiger partial charge is 0.240 e. The van der Waals surface area contributed by atoms with E-state index >= 15 is 0 Å². The molecule has 1 aliphatic carbocycles. The van der Waals surface area contributed by atoms with E-state index in [1.807, 2.05) is 18.2 Å². The van der Waals surface area contributed by atoms with Gasteiger partial charge in [0.15, 0.2) is 11.5 Å². The molecule has 0 saturated heterocycles. The molecule has 1 aromatic carbocycles. The Kier molecular flexibility index (Phi) is 3.56. The first-order valence-corrected chi connectivity index (χ1v) is 6.68. The zero-order chi connectivity index (χ0) is 13.9. The van der Waals surface area contributed by atoms with Gasteiger partial charge in [-0.2, -0.15) is 4.98 Å². The molecule has 20 heavy (non-hydrogen) atoms. The van der Waals surface area contributed by atoms with E-state index in [9.17, 15) is 0 Å². The lowest BCUT2D eigenvalue weighted by molar-refractivity contribution is 0.116. The summed E-state index contributed by atoms with van der Waals surface area (Å²) in [5, 5.41) is 3.89. The van der Waals surface area contributed by atoms with E-state index in [4.69, 9.17) is 19.7 Å². The Morgan fingerprint density at radius 3 is 2.80 bits per heavy atom. The van der Waals surface area contributed by atoms with Crippen LogP contribution in [0.4, 0.5) is 0 Å². The highest BCUT2D eigenvalue weighted by molar-refractivity contribution is 5.60. The first-order chi connectivity index (χ1) is 9.80. The van der Waals surface area contributed by atoms with Crippen molar-refractivity contribution in [2.24, 2.45) is 5.73 Å². The molecule has 3 rings (SSSR count). The van der Waals surface area contributed by atoms with Crippen LogP contribution < -0.4 is 15.2 Å². The number of nitrogens with zero attached hydrogens (tertiary/aromatic N) is 2. The molecular formula is C14H17N3O3. The van der Waals surface area contributed by atoms with Crippen molar-refractivity contribution in [3.05, 3.63) is 24.1 Å². The summed E-state index contributed by atoms with van der Waals surface area (Å²) < 4.78 is 16.3. The van der Waals surface area contributed by atoms with Crippen molar-refractivity contribution in [2.45, 2.75) is 31.9 Å². The molecule has 6 heteroatoms. The van der Waals surface area contributed by atoms with Gasteiger partial charge in [0, 0.05) is 5.56 Å². The van der Waals surface area contributed by atoms with E-state index < -0.39 is 0 Å². The van der Waals surface area contributed by atoms with Crippen molar-refractivity contribution in [3.63, 3.8) is 0 Å². The predicted octanol–water partition coefficient (Wildman–Crippen LogP) is 2.14. The number of nitrogens with two attached hydrogens (primary N) is 1. The van der Waals surface area contributed by atoms with Gasteiger partial charge in [-0.1, -0.05) is 5.16 Å². The SMILES string of the molecule is COc1cc(-c2noc(CN)n2)ccc1OC1CCC1. The molecule has 0 radical (unpaired) electrons. The molecule has 106 valence electrons. The zero-order valence-corrected chi connectivity index (χ0v) is 11.3. The standard InChI is InChI=1S/C14H17N3O3/c1-18-12-7-9(14-16-13(8-15)20-17-14)5-6-11(12)19-10-3-2-4-10/h5-7,10H,2-4,8,15H2,1H3. The Balaban J connectivity index is 1.85. The average Bonchev–Trinajstić information content (AvgIpc) is 2.91. The topological polar surface area (TPSA) is 83.4 Å².